The third-order valence-electron chi connectivity index (χ3n) is 3.84. The average Bonchev–Trinajstić information content (AvgIpc) is 2.98. The fraction of sp³-hybridized carbons (Fsp3) is 0.278. The van der Waals surface area contributed by atoms with E-state index in [1.165, 1.54) is 0 Å². The zero-order valence-electron chi connectivity index (χ0n) is 14.4. The van der Waals surface area contributed by atoms with Crippen LogP contribution < -0.4 is 14.5 Å². The Bertz CT molecular complexity index is 877. The molecule has 0 unspecified atom stereocenters. The van der Waals surface area contributed by atoms with Crippen LogP contribution in [0.1, 0.15) is 17.4 Å². The molecule has 0 amide bonds. The van der Waals surface area contributed by atoms with Gasteiger partial charge in [0.2, 0.25) is 11.8 Å². The van der Waals surface area contributed by atoms with E-state index in [0.29, 0.717) is 30.4 Å². The lowest BCUT2D eigenvalue weighted by molar-refractivity contribution is 0.323. The Morgan fingerprint density at radius 2 is 1.96 bits per heavy atom. The van der Waals surface area contributed by atoms with Crippen molar-refractivity contribution < 1.29 is 9.84 Å². The lowest BCUT2D eigenvalue weighted by Gasteiger charge is -2.20. The van der Waals surface area contributed by atoms with Gasteiger partial charge in [-0.3, -0.25) is 9.78 Å². The van der Waals surface area contributed by atoms with Gasteiger partial charge in [0, 0.05) is 25.4 Å². The highest BCUT2D eigenvalue weighted by Crippen LogP contribution is 2.21. The fourth-order valence-corrected chi connectivity index (χ4v) is 3.25. The molecule has 136 valence electrons. The van der Waals surface area contributed by atoms with Crippen molar-refractivity contribution in [3.8, 4) is 11.6 Å². The van der Waals surface area contributed by atoms with Gasteiger partial charge in [0.05, 0.1) is 11.4 Å². The van der Waals surface area contributed by atoms with Crippen LogP contribution in [-0.2, 0) is 6.42 Å². The molecule has 2 N–H and O–H groups in total. The van der Waals surface area contributed by atoms with Gasteiger partial charge < -0.3 is 14.7 Å². The lowest BCUT2D eigenvalue weighted by atomic mass is 10.1. The predicted molar refractivity (Wildman–Crippen MR) is 101 cm³/mol. The van der Waals surface area contributed by atoms with E-state index in [2.05, 4.69) is 21.9 Å². The van der Waals surface area contributed by atoms with Crippen molar-refractivity contribution in [2.75, 3.05) is 24.6 Å². The van der Waals surface area contributed by atoms with Crippen LogP contribution in [0.2, 0.25) is 0 Å². The number of nitrogens with zero attached hydrogens (tertiary/aromatic N) is 3. The zero-order valence-corrected chi connectivity index (χ0v) is 15.2. The maximum absolute atomic E-state index is 11.2. The highest BCUT2D eigenvalue weighted by atomic mass is 32.1. The van der Waals surface area contributed by atoms with Crippen molar-refractivity contribution in [3.05, 3.63) is 62.8 Å². The van der Waals surface area contributed by atoms with Gasteiger partial charge in [-0.1, -0.05) is 23.5 Å². The molecule has 0 atom stereocenters. The van der Waals surface area contributed by atoms with E-state index in [4.69, 9.17) is 4.74 Å². The van der Waals surface area contributed by atoms with E-state index in [9.17, 15) is 9.90 Å². The van der Waals surface area contributed by atoms with E-state index < -0.39 is 0 Å². The maximum atomic E-state index is 11.2. The van der Waals surface area contributed by atoms with Gasteiger partial charge in [0.1, 0.15) is 12.4 Å². The molecule has 0 aliphatic carbocycles. The fourth-order valence-electron chi connectivity index (χ4n) is 2.49. The Hall–Kier alpha value is -2.87. The van der Waals surface area contributed by atoms with Crippen LogP contribution in [0.5, 0.6) is 11.6 Å². The number of rotatable bonds is 8. The van der Waals surface area contributed by atoms with Crippen LogP contribution in [0.25, 0.3) is 0 Å². The van der Waals surface area contributed by atoms with Crippen LogP contribution >= 0.6 is 11.3 Å². The number of thiazole rings is 1. The SMILES string of the molecule is CCN(CCOc1ccc(Cc2sc(=O)[nH]c2O)cc1)c1ncccn1. The number of aromatic nitrogens is 3. The number of nitrogens with one attached hydrogen (secondary N) is 1. The second-order valence-corrected chi connectivity index (χ2v) is 6.65. The molecule has 2 aromatic heterocycles. The Morgan fingerprint density at radius 1 is 1.23 bits per heavy atom. The van der Waals surface area contributed by atoms with Crippen LogP contribution in [-0.4, -0.2) is 39.8 Å². The van der Waals surface area contributed by atoms with Gasteiger partial charge in [-0.2, -0.15) is 0 Å². The molecule has 2 heterocycles. The van der Waals surface area contributed by atoms with E-state index >= 15 is 0 Å². The molecule has 26 heavy (non-hydrogen) atoms. The van der Waals surface area contributed by atoms with Crippen LogP contribution in [0.3, 0.4) is 0 Å². The van der Waals surface area contributed by atoms with Gasteiger partial charge >= 0.3 is 4.87 Å². The van der Waals surface area contributed by atoms with Crippen molar-refractivity contribution in [3.63, 3.8) is 0 Å². The van der Waals surface area contributed by atoms with Crippen LogP contribution in [0.15, 0.2) is 47.5 Å². The first-order valence-electron chi connectivity index (χ1n) is 8.30. The minimum atomic E-state index is -0.250. The molecule has 3 rings (SSSR count). The number of ether oxygens (including phenoxy) is 1. The smallest absolute Gasteiger partial charge is 0.307 e. The van der Waals surface area contributed by atoms with E-state index in [1.54, 1.807) is 18.5 Å². The van der Waals surface area contributed by atoms with E-state index in [1.807, 2.05) is 29.2 Å². The number of anilines is 1. The van der Waals surface area contributed by atoms with Gasteiger partial charge in [0.15, 0.2) is 0 Å². The topological polar surface area (TPSA) is 91.3 Å². The standard InChI is InChI=1S/C18H20N4O3S/c1-2-22(17-19-8-3-9-20-17)10-11-25-14-6-4-13(5-7-14)12-15-16(23)21-18(24)26-15/h3-9,23H,2,10-12H2,1H3,(H,21,24). The molecular formula is C18H20N4O3S. The molecule has 0 fully saturated rings. The van der Waals surface area contributed by atoms with Gasteiger partial charge in [-0.05, 0) is 30.7 Å². The zero-order chi connectivity index (χ0) is 18.4. The summed E-state index contributed by atoms with van der Waals surface area (Å²) in [6, 6.07) is 9.42. The summed E-state index contributed by atoms with van der Waals surface area (Å²) in [5.41, 5.74) is 0.996. The summed E-state index contributed by atoms with van der Waals surface area (Å²) in [5.74, 6) is 1.41. The predicted octanol–water partition coefficient (Wildman–Crippen LogP) is 2.43. The Morgan fingerprint density at radius 3 is 2.58 bits per heavy atom. The first-order chi connectivity index (χ1) is 12.7. The highest BCUT2D eigenvalue weighted by Gasteiger charge is 2.09. The summed E-state index contributed by atoms with van der Waals surface area (Å²) >= 11 is 1.02. The Balaban J connectivity index is 1.53. The number of hydrogen-bond acceptors (Lipinski definition) is 7. The van der Waals surface area contributed by atoms with Crippen molar-refractivity contribution in [2.45, 2.75) is 13.3 Å². The largest absolute Gasteiger partial charge is 0.494 e. The highest BCUT2D eigenvalue weighted by molar-refractivity contribution is 7.09. The van der Waals surface area contributed by atoms with E-state index in [-0.39, 0.29) is 10.8 Å². The molecule has 0 saturated heterocycles. The van der Waals surface area contributed by atoms with Crippen molar-refractivity contribution in [1.82, 2.24) is 15.0 Å². The normalized spacial score (nSPS) is 10.7. The van der Waals surface area contributed by atoms with Crippen LogP contribution in [0.4, 0.5) is 5.95 Å². The number of benzene rings is 1. The first kappa shape index (κ1) is 17.9. The minimum Gasteiger partial charge on any atom is -0.494 e. The number of hydrogen-bond donors (Lipinski definition) is 2. The van der Waals surface area contributed by atoms with Crippen molar-refractivity contribution >= 4 is 17.3 Å². The molecule has 1 aromatic carbocycles. The number of H-pyrrole nitrogens is 1. The average molecular weight is 372 g/mol. The molecule has 8 heteroatoms. The van der Waals surface area contributed by atoms with Gasteiger partial charge in [-0.15, -0.1) is 0 Å². The minimum absolute atomic E-state index is 0.0527. The third kappa shape index (κ3) is 4.60. The summed E-state index contributed by atoms with van der Waals surface area (Å²) < 4.78 is 5.79. The van der Waals surface area contributed by atoms with Crippen LogP contribution in [0, 0.1) is 0 Å². The monoisotopic (exact) mass is 372 g/mol. The third-order valence-corrected chi connectivity index (χ3v) is 4.71. The molecule has 3 aromatic rings. The Kier molecular flexibility index (Phi) is 5.85. The maximum Gasteiger partial charge on any atom is 0.307 e. The van der Waals surface area contributed by atoms with Gasteiger partial charge in [0.25, 0.3) is 0 Å². The summed E-state index contributed by atoms with van der Waals surface area (Å²) in [5, 5.41) is 9.65. The second-order valence-electron chi connectivity index (χ2n) is 5.58. The summed E-state index contributed by atoms with van der Waals surface area (Å²) in [7, 11) is 0. The summed E-state index contributed by atoms with van der Waals surface area (Å²) in [4.78, 5) is 24.5. The van der Waals surface area contributed by atoms with E-state index in [0.717, 1.165) is 29.2 Å². The molecule has 7 nitrogen and oxygen atoms in total. The van der Waals surface area contributed by atoms with Crippen molar-refractivity contribution in [2.24, 2.45) is 0 Å². The van der Waals surface area contributed by atoms with Crippen molar-refractivity contribution in [1.29, 1.82) is 0 Å². The quantitative estimate of drug-likeness (QED) is 0.631. The Labute approximate surface area is 154 Å². The number of aromatic hydroxyl groups is 1. The number of likely N-dealkylation sites (N-methyl/N-ethyl adjacent to an activating group) is 1. The molecule has 0 aliphatic rings. The first-order valence-corrected chi connectivity index (χ1v) is 9.12. The molecular weight excluding hydrogens is 352 g/mol. The number of aromatic amines is 1. The molecule has 0 spiro atoms. The van der Waals surface area contributed by atoms with Gasteiger partial charge in [-0.25, -0.2) is 9.97 Å². The molecule has 0 aliphatic heterocycles. The molecule has 0 saturated carbocycles. The molecule has 0 bridgehead atoms. The second kappa shape index (κ2) is 8.48. The summed E-state index contributed by atoms with van der Waals surface area (Å²) in [6.45, 7) is 4.06. The molecule has 0 radical (unpaired) electrons. The summed E-state index contributed by atoms with van der Waals surface area (Å²) in [6.07, 6.45) is 3.96. The lowest BCUT2D eigenvalue weighted by Crippen LogP contribution is -2.29.